The first-order valence-corrected chi connectivity index (χ1v) is 24.4. The van der Waals surface area contributed by atoms with Gasteiger partial charge in [-0.15, -0.1) is 11.8 Å². The Balaban J connectivity index is 0.000000745. The molecule has 60 heavy (non-hydrogen) atoms. The number of thiol groups is 1. The number of hydrogen-bond acceptors (Lipinski definition) is 17. The molecule has 0 aromatic carbocycles. The Bertz CT molecular complexity index is 2100. The molecule has 336 valence electrons. The van der Waals surface area contributed by atoms with Crippen LogP contribution in [0.15, 0.2) is 88.3 Å². The van der Waals surface area contributed by atoms with Gasteiger partial charge in [0.25, 0.3) is 19.2 Å². The number of aromatic nitrogens is 3. The first kappa shape index (κ1) is 56.6. The maximum atomic E-state index is 12.4. The predicted molar refractivity (Wildman–Crippen MR) is 231 cm³/mol. The minimum Gasteiger partial charge on any atom is -0.481 e. The first-order chi connectivity index (χ1) is 27.4. The number of sulfonamides is 1. The summed E-state index contributed by atoms with van der Waals surface area (Å²) in [6.07, 6.45) is 8.70. The van der Waals surface area contributed by atoms with Crippen LogP contribution in [0.2, 0.25) is 0 Å². The van der Waals surface area contributed by atoms with Gasteiger partial charge in [0.05, 0.1) is 11.8 Å². The van der Waals surface area contributed by atoms with Gasteiger partial charge in [-0.1, -0.05) is 0 Å². The summed E-state index contributed by atoms with van der Waals surface area (Å²) in [7, 11) is -6.50. The van der Waals surface area contributed by atoms with Crippen LogP contribution in [0.5, 0.6) is 0 Å². The largest absolute Gasteiger partial charge is 0.481 e. The molecule has 3 aromatic heterocycles. The lowest BCUT2D eigenvalue weighted by atomic mass is 9.93. The number of pyridine rings is 3. The van der Waals surface area contributed by atoms with Crippen molar-refractivity contribution in [1.82, 2.24) is 19.3 Å². The SMILES string of the molecule is C=O.CC(C)(S)[C@H](N)C(=O)O.CC1(C)SCC[C@@H]1C(=O)O.CC1(C)SCN(S(=O)(=O)c2cccnc2)[C@@H]1C(=O)O.O=S(=O)(Cl)c1cccnc1.O=S(=O)(O)c1cccnc1. The van der Waals surface area contributed by atoms with Gasteiger partial charge in [-0.25, -0.2) is 16.8 Å². The molecule has 0 aliphatic carbocycles. The molecule has 0 unspecified atom stereocenters. The number of carbonyl (C=O) groups is 4. The summed E-state index contributed by atoms with van der Waals surface area (Å²) in [6.45, 7) is 12.8. The molecule has 0 radical (unpaired) electrons. The third kappa shape index (κ3) is 18.7. The van der Waals surface area contributed by atoms with Gasteiger partial charge in [0.1, 0.15) is 33.6 Å². The van der Waals surface area contributed by atoms with Crippen LogP contribution in [0, 0.1) is 5.92 Å². The highest BCUT2D eigenvalue weighted by Gasteiger charge is 2.51. The van der Waals surface area contributed by atoms with Crippen LogP contribution in [0.4, 0.5) is 0 Å². The van der Waals surface area contributed by atoms with Gasteiger partial charge in [0, 0.05) is 62.1 Å². The zero-order valence-electron chi connectivity index (χ0n) is 33.1. The second kappa shape index (κ2) is 24.3. The zero-order chi connectivity index (χ0) is 46.9. The second-order valence-electron chi connectivity index (χ2n) is 13.6. The molecular weight excluding hydrogens is 930 g/mol. The summed E-state index contributed by atoms with van der Waals surface area (Å²) in [4.78, 5) is 50.9. The van der Waals surface area contributed by atoms with Crippen molar-refractivity contribution in [2.75, 3.05) is 11.6 Å². The molecule has 2 saturated heterocycles. The molecule has 5 rings (SSSR count). The number of carboxylic acids is 3. The molecule has 26 heteroatoms. The number of carboxylic acid groups (broad SMARTS) is 3. The molecule has 0 amide bonds. The van der Waals surface area contributed by atoms with Crippen molar-refractivity contribution in [3.8, 4) is 0 Å². The van der Waals surface area contributed by atoms with Crippen molar-refractivity contribution in [1.29, 1.82) is 0 Å². The number of rotatable bonds is 8. The Labute approximate surface area is 368 Å². The lowest BCUT2D eigenvalue weighted by Crippen LogP contribution is -2.48. The van der Waals surface area contributed by atoms with Crippen molar-refractivity contribution >= 4 is 101 Å². The van der Waals surface area contributed by atoms with Crippen LogP contribution in [-0.4, -0.2) is 127 Å². The van der Waals surface area contributed by atoms with Crippen molar-refractivity contribution in [3.63, 3.8) is 0 Å². The molecule has 0 saturated carbocycles. The van der Waals surface area contributed by atoms with E-state index in [4.69, 9.17) is 36.0 Å². The van der Waals surface area contributed by atoms with Crippen molar-refractivity contribution in [2.45, 2.75) is 89.0 Å². The Morgan fingerprint density at radius 1 is 0.833 bits per heavy atom. The minimum atomic E-state index is -4.07. The average molecular weight is 979 g/mol. The number of aliphatic carboxylic acids is 3. The molecule has 5 heterocycles. The van der Waals surface area contributed by atoms with Crippen LogP contribution < -0.4 is 5.73 Å². The summed E-state index contributed by atoms with van der Waals surface area (Å²) in [5.74, 6) is -1.82. The van der Waals surface area contributed by atoms with E-state index < -0.39 is 68.7 Å². The summed E-state index contributed by atoms with van der Waals surface area (Å²) < 4.78 is 74.8. The molecule has 2 aliphatic heterocycles. The maximum absolute atomic E-state index is 12.4. The molecule has 3 aromatic rings. The smallest absolute Gasteiger partial charge is 0.323 e. The van der Waals surface area contributed by atoms with E-state index in [9.17, 15) is 44.7 Å². The predicted octanol–water partition coefficient (Wildman–Crippen LogP) is 3.87. The molecule has 0 bridgehead atoms. The molecular formula is C34H48ClN5O14S6. The van der Waals surface area contributed by atoms with E-state index in [1.807, 2.05) is 20.6 Å². The number of thioether (sulfide) groups is 2. The lowest BCUT2D eigenvalue weighted by molar-refractivity contribution is -0.143. The molecule has 2 aliphatic rings. The Morgan fingerprint density at radius 3 is 1.50 bits per heavy atom. The van der Waals surface area contributed by atoms with E-state index >= 15 is 0 Å². The first-order valence-electron chi connectivity index (χ1n) is 16.7. The summed E-state index contributed by atoms with van der Waals surface area (Å²) >= 11 is 7.05. The van der Waals surface area contributed by atoms with Crippen molar-refractivity contribution in [3.05, 3.63) is 73.6 Å². The van der Waals surface area contributed by atoms with E-state index in [-0.39, 0.29) is 31.2 Å². The van der Waals surface area contributed by atoms with Crippen LogP contribution in [0.25, 0.3) is 0 Å². The van der Waals surface area contributed by atoms with Crippen LogP contribution >= 0.6 is 46.8 Å². The van der Waals surface area contributed by atoms with E-state index in [1.165, 1.54) is 79.1 Å². The summed E-state index contributed by atoms with van der Waals surface area (Å²) in [6, 6.07) is 6.54. The van der Waals surface area contributed by atoms with E-state index in [0.29, 0.717) is 0 Å². The fourth-order valence-corrected chi connectivity index (χ4v) is 10.3. The molecule has 2 fully saturated rings. The van der Waals surface area contributed by atoms with Crippen LogP contribution in [-0.2, 0) is 48.4 Å². The second-order valence-corrected chi connectivity index (χ2v) is 24.0. The quantitative estimate of drug-likeness (QED) is 0.106. The van der Waals surface area contributed by atoms with Gasteiger partial charge in [-0.3, -0.25) is 33.9 Å². The third-order valence-electron chi connectivity index (χ3n) is 7.88. The fourth-order valence-electron chi connectivity index (χ4n) is 4.60. The Morgan fingerprint density at radius 2 is 1.27 bits per heavy atom. The molecule has 19 nitrogen and oxygen atoms in total. The number of halogens is 1. The highest BCUT2D eigenvalue weighted by atomic mass is 35.7. The minimum absolute atomic E-state index is 0.0135. The Hall–Kier alpha value is -3.40. The number of nitrogens with two attached hydrogens (primary N) is 1. The third-order valence-corrected chi connectivity index (χ3v) is 15.1. The van der Waals surface area contributed by atoms with Crippen LogP contribution in [0.1, 0.15) is 48.0 Å². The van der Waals surface area contributed by atoms with Gasteiger partial charge in [0.15, 0.2) is 0 Å². The summed E-state index contributed by atoms with van der Waals surface area (Å²) in [5, 5.41) is 26.4. The monoisotopic (exact) mass is 977 g/mol. The average Bonchev–Trinajstić information content (AvgIpc) is 3.70. The van der Waals surface area contributed by atoms with Gasteiger partial charge in [0.2, 0.25) is 10.0 Å². The maximum Gasteiger partial charge on any atom is 0.323 e. The summed E-state index contributed by atoms with van der Waals surface area (Å²) in [5.41, 5.74) is 5.22. The lowest BCUT2D eigenvalue weighted by Gasteiger charge is -2.27. The normalized spacial score (nSPS) is 18.6. The number of nitrogens with zero attached hydrogens (tertiary/aromatic N) is 4. The zero-order valence-corrected chi connectivity index (χ0v) is 38.8. The standard InChI is InChI=1S/C11H14N2O4S2.C7H12O2S.C5H4ClNO2S.C5H5NO3S.C5H11NO2S.CH2O/c1-11(2)9(10(14)15)13(7-18-11)19(16,17)8-4-3-5-12-6-8;1-7(2)5(6(8)9)3-4-10-7;6-10(8,9)5-2-1-3-7-4-5;7-10(8,9)5-2-1-3-6-4-5;1-5(2,9)3(6)4(7)8;1-2/h3-6,9H,7H2,1-2H3,(H,14,15);5H,3-4H2,1-2H3,(H,8,9);1-4H;1-4H,(H,7,8,9);3,9H,6H2,1-2H3,(H,7,8);1H2/t9-;5-;;;3-;/m11..1./s1. The van der Waals surface area contributed by atoms with Gasteiger partial charge >= 0.3 is 17.9 Å². The topological polar surface area (TPSA) is 320 Å². The number of hydrogen-bond donors (Lipinski definition) is 6. The van der Waals surface area contributed by atoms with Gasteiger partial charge in [-0.05, 0) is 90.1 Å². The highest BCUT2D eigenvalue weighted by molar-refractivity contribution is 8.13. The Kier molecular flexibility index (Phi) is 22.9. The molecule has 3 atom stereocenters. The van der Waals surface area contributed by atoms with Gasteiger partial charge < -0.3 is 25.8 Å². The number of carbonyl (C=O) groups excluding carboxylic acids is 1. The van der Waals surface area contributed by atoms with E-state index in [1.54, 1.807) is 39.5 Å². The molecule has 6 N–H and O–H groups in total. The van der Waals surface area contributed by atoms with Crippen molar-refractivity contribution < 1.29 is 64.3 Å². The van der Waals surface area contributed by atoms with Gasteiger partial charge in [-0.2, -0.15) is 37.1 Å². The fraction of sp³-hybridized carbons (Fsp3) is 0.441. The molecule has 0 spiro atoms. The highest BCUT2D eigenvalue weighted by Crippen LogP contribution is 2.43. The van der Waals surface area contributed by atoms with Crippen LogP contribution in [0.3, 0.4) is 0 Å². The van der Waals surface area contributed by atoms with E-state index in [2.05, 4.69) is 27.6 Å². The van der Waals surface area contributed by atoms with Crippen molar-refractivity contribution in [2.24, 2.45) is 11.7 Å². The van der Waals surface area contributed by atoms with E-state index in [0.717, 1.165) is 22.7 Å².